The summed E-state index contributed by atoms with van der Waals surface area (Å²) in [4.78, 5) is 45.2. The molecular weight excluding hydrogens is 556 g/mol. The number of nitrogens with zero attached hydrogens (tertiary/aromatic N) is 4. The van der Waals surface area contributed by atoms with Crippen molar-refractivity contribution in [1.82, 2.24) is 19.8 Å². The van der Waals surface area contributed by atoms with Crippen LogP contribution in [0, 0.1) is 0 Å². The molecule has 3 amide bonds. The lowest BCUT2D eigenvalue weighted by Gasteiger charge is -2.55. The molecule has 2 fully saturated rings. The van der Waals surface area contributed by atoms with Crippen LogP contribution in [0.4, 0.5) is 0 Å². The zero-order valence-corrected chi connectivity index (χ0v) is 24.8. The van der Waals surface area contributed by atoms with E-state index in [2.05, 4.69) is 13.2 Å². The normalized spacial score (nSPS) is 18.6. The van der Waals surface area contributed by atoms with Gasteiger partial charge in [-0.15, -0.1) is 6.58 Å². The van der Waals surface area contributed by atoms with Crippen molar-refractivity contribution in [2.24, 2.45) is 0 Å². The Balaban J connectivity index is 1.48. The Kier molecular flexibility index (Phi) is 9.76. The van der Waals surface area contributed by atoms with E-state index in [-0.39, 0.29) is 55.9 Å². The molecule has 3 aromatic rings. The highest BCUT2D eigenvalue weighted by Crippen LogP contribution is 2.30. The van der Waals surface area contributed by atoms with Gasteiger partial charge in [0.1, 0.15) is 30.3 Å². The van der Waals surface area contributed by atoms with E-state index in [0.29, 0.717) is 25.3 Å². The van der Waals surface area contributed by atoms with Crippen molar-refractivity contribution in [3.05, 3.63) is 121 Å². The fraction of sp³-hybridized carbons (Fsp3) is 0.286. The molecule has 3 aromatic carbocycles. The lowest BCUT2D eigenvalue weighted by Crippen LogP contribution is -2.75. The second-order valence-electron chi connectivity index (χ2n) is 11.0. The van der Waals surface area contributed by atoms with Crippen molar-refractivity contribution < 1.29 is 24.2 Å². The second-order valence-corrected chi connectivity index (χ2v) is 11.0. The number of fused-ring (bicyclic) bond motifs is 1. The van der Waals surface area contributed by atoms with Crippen LogP contribution in [-0.2, 0) is 33.8 Å². The van der Waals surface area contributed by atoms with Gasteiger partial charge in [-0.2, -0.15) is 0 Å². The number of hydrogen-bond donors (Lipinski definition) is 1. The fourth-order valence-corrected chi connectivity index (χ4v) is 5.88. The number of carbonyl (C=O) groups excluding carboxylic acids is 3. The lowest BCUT2D eigenvalue weighted by molar-refractivity contribution is -0.205. The van der Waals surface area contributed by atoms with Gasteiger partial charge in [-0.3, -0.25) is 14.4 Å². The van der Waals surface area contributed by atoms with E-state index < -0.39 is 12.2 Å². The molecule has 5 rings (SSSR count). The second kappa shape index (κ2) is 14.1. The SMILES string of the molecule is C=CCOc1cccc(CN2C[C@H]3N(C(=O)CN(CC=C)N3C(=O)CCc3ccccc3)[C@@H](Cc3ccc(O)cc3)C2=O)c1. The molecule has 44 heavy (non-hydrogen) atoms. The molecule has 0 aliphatic carbocycles. The Morgan fingerprint density at radius 2 is 1.68 bits per heavy atom. The van der Waals surface area contributed by atoms with Crippen molar-refractivity contribution in [3.63, 3.8) is 0 Å². The number of rotatable bonds is 12. The topological polar surface area (TPSA) is 93.6 Å². The first-order valence-corrected chi connectivity index (χ1v) is 14.8. The molecule has 2 atom stereocenters. The molecule has 2 aliphatic heterocycles. The van der Waals surface area contributed by atoms with Crippen LogP contribution in [0.5, 0.6) is 11.5 Å². The summed E-state index contributed by atoms with van der Waals surface area (Å²) < 4.78 is 5.71. The van der Waals surface area contributed by atoms with Gasteiger partial charge >= 0.3 is 0 Å². The third-order valence-electron chi connectivity index (χ3n) is 7.90. The maximum absolute atomic E-state index is 14.2. The highest BCUT2D eigenvalue weighted by molar-refractivity contribution is 5.92. The minimum absolute atomic E-state index is 0.0400. The van der Waals surface area contributed by atoms with Gasteiger partial charge in [0.25, 0.3) is 0 Å². The van der Waals surface area contributed by atoms with Crippen LogP contribution in [0.1, 0.15) is 23.1 Å². The summed E-state index contributed by atoms with van der Waals surface area (Å²) in [6.45, 7) is 8.62. The Morgan fingerprint density at radius 3 is 2.41 bits per heavy atom. The molecule has 0 radical (unpaired) electrons. The van der Waals surface area contributed by atoms with E-state index in [1.165, 1.54) is 0 Å². The van der Waals surface area contributed by atoms with Crippen LogP contribution in [-0.4, -0.2) is 81.1 Å². The average molecular weight is 595 g/mol. The van der Waals surface area contributed by atoms with E-state index in [0.717, 1.165) is 16.7 Å². The van der Waals surface area contributed by atoms with E-state index in [1.807, 2.05) is 54.6 Å². The van der Waals surface area contributed by atoms with Crippen LogP contribution in [0.15, 0.2) is 104 Å². The first-order valence-electron chi connectivity index (χ1n) is 14.8. The highest BCUT2D eigenvalue weighted by atomic mass is 16.5. The van der Waals surface area contributed by atoms with Gasteiger partial charge in [-0.05, 0) is 47.4 Å². The number of aryl methyl sites for hydroxylation is 1. The summed E-state index contributed by atoms with van der Waals surface area (Å²) in [5, 5.41) is 13.2. The molecule has 9 nitrogen and oxygen atoms in total. The number of amides is 3. The largest absolute Gasteiger partial charge is 0.508 e. The number of ether oxygens (including phenoxy) is 1. The summed E-state index contributed by atoms with van der Waals surface area (Å²) in [6, 6.07) is 23.1. The molecule has 1 N–H and O–H groups in total. The molecule has 228 valence electrons. The standard InChI is InChI=1S/C35H38N4O5/c1-3-19-37-25-34(42)38-31(22-27-13-16-29(40)17-14-27)35(43)36(23-28-11-8-12-30(21-28)44-20-4-2)24-32(38)39(37)33(41)18-15-26-9-6-5-7-10-26/h3-14,16-17,21,31-32,40H,1-2,15,18-20,22-25H2/t31-,32-/m0/s1. The van der Waals surface area contributed by atoms with Gasteiger partial charge in [0, 0.05) is 25.9 Å². The van der Waals surface area contributed by atoms with Gasteiger partial charge in [0.15, 0.2) is 0 Å². The van der Waals surface area contributed by atoms with Gasteiger partial charge in [0.05, 0.1) is 13.1 Å². The number of carbonyl (C=O) groups is 3. The average Bonchev–Trinajstić information content (AvgIpc) is 3.02. The fourth-order valence-electron chi connectivity index (χ4n) is 5.88. The Labute approximate surface area is 258 Å². The molecule has 2 saturated heterocycles. The molecule has 0 saturated carbocycles. The molecule has 0 unspecified atom stereocenters. The number of phenols is 1. The number of aromatic hydroxyl groups is 1. The number of hydrazine groups is 1. The van der Waals surface area contributed by atoms with Crippen LogP contribution in [0.25, 0.3) is 0 Å². The van der Waals surface area contributed by atoms with Crippen molar-refractivity contribution in [2.75, 3.05) is 26.2 Å². The highest BCUT2D eigenvalue weighted by Gasteiger charge is 2.50. The summed E-state index contributed by atoms with van der Waals surface area (Å²) in [5.41, 5.74) is 2.71. The van der Waals surface area contributed by atoms with E-state index in [4.69, 9.17) is 4.74 Å². The zero-order valence-electron chi connectivity index (χ0n) is 24.8. The maximum Gasteiger partial charge on any atom is 0.246 e. The van der Waals surface area contributed by atoms with Crippen molar-refractivity contribution in [3.8, 4) is 11.5 Å². The summed E-state index contributed by atoms with van der Waals surface area (Å²) in [6.07, 6.45) is 3.69. The van der Waals surface area contributed by atoms with Gasteiger partial charge in [-0.1, -0.05) is 73.3 Å². The number of phenolic OH excluding ortho intramolecular Hbond substituents is 1. The molecular formula is C35H38N4O5. The van der Waals surface area contributed by atoms with Gasteiger partial charge in [-0.25, -0.2) is 10.0 Å². The van der Waals surface area contributed by atoms with Gasteiger partial charge < -0.3 is 19.6 Å². The smallest absolute Gasteiger partial charge is 0.246 e. The molecule has 0 aromatic heterocycles. The molecule has 0 spiro atoms. The van der Waals surface area contributed by atoms with Crippen LogP contribution >= 0.6 is 0 Å². The Hall–Kier alpha value is -4.89. The number of benzene rings is 3. The monoisotopic (exact) mass is 594 g/mol. The zero-order chi connectivity index (χ0) is 31.1. The molecule has 2 aliphatic rings. The minimum Gasteiger partial charge on any atom is -0.508 e. The summed E-state index contributed by atoms with van der Waals surface area (Å²) >= 11 is 0. The first-order chi connectivity index (χ1) is 21.4. The Morgan fingerprint density at radius 1 is 0.932 bits per heavy atom. The Bertz CT molecular complexity index is 1490. The van der Waals surface area contributed by atoms with Crippen LogP contribution in [0.2, 0.25) is 0 Å². The van der Waals surface area contributed by atoms with E-state index in [1.54, 1.807) is 56.2 Å². The quantitative estimate of drug-likeness (QED) is 0.320. The molecule has 2 heterocycles. The number of hydrogen-bond acceptors (Lipinski definition) is 6. The minimum atomic E-state index is -0.832. The number of piperazine rings is 1. The third kappa shape index (κ3) is 7.01. The van der Waals surface area contributed by atoms with Crippen molar-refractivity contribution in [1.29, 1.82) is 0 Å². The maximum atomic E-state index is 14.2. The first kappa shape index (κ1) is 30.6. The predicted molar refractivity (Wildman–Crippen MR) is 167 cm³/mol. The van der Waals surface area contributed by atoms with Crippen molar-refractivity contribution >= 4 is 17.7 Å². The van der Waals surface area contributed by atoms with Crippen LogP contribution < -0.4 is 4.74 Å². The van der Waals surface area contributed by atoms with E-state index in [9.17, 15) is 19.5 Å². The summed E-state index contributed by atoms with van der Waals surface area (Å²) in [5.74, 6) is 0.230. The third-order valence-corrected chi connectivity index (χ3v) is 7.90. The predicted octanol–water partition coefficient (Wildman–Crippen LogP) is 3.94. The van der Waals surface area contributed by atoms with Crippen molar-refractivity contribution in [2.45, 2.75) is 38.0 Å². The molecule has 9 heteroatoms. The van der Waals surface area contributed by atoms with Crippen LogP contribution in [0.3, 0.4) is 0 Å². The molecule has 0 bridgehead atoms. The van der Waals surface area contributed by atoms with Gasteiger partial charge in [0.2, 0.25) is 17.7 Å². The lowest BCUT2D eigenvalue weighted by atomic mass is 9.98. The summed E-state index contributed by atoms with van der Waals surface area (Å²) in [7, 11) is 0. The van der Waals surface area contributed by atoms with E-state index >= 15 is 0 Å².